The molecular weight excluding hydrogens is 526 g/mol. The van der Waals surface area contributed by atoms with E-state index in [4.69, 9.17) is 10.2 Å². The van der Waals surface area contributed by atoms with E-state index in [-0.39, 0.29) is 55.3 Å². The van der Waals surface area contributed by atoms with Crippen LogP contribution in [0.4, 0.5) is 0 Å². The third-order valence-corrected chi connectivity index (χ3v) is 1.65. The van der Waals surface area contributed by atoms with Crippen molar-refractivity contribution >= 4 is 0 Å². The van der Waals surface area contributed by atoms with Crippen molar-refractivity contribution < 1.29 is 52.3 Å². The van der Waals surface area contributed by atoms with Crippen molar-refractivity contribution in [2.75, 3.05) is 0 Å². The summed E-state index contributed by atoms with van der Waals surface area (Å²) in [6, 6.07) is 0. The summed E-state index contributed by atoms with van der Waals surface area (Å²) in [5.41, 5.74) is 1.07. The van der Waals surface area contributed by atoms with Crippen molar-refractivity contribution in [1.82, 2.24) is 15.0 Å². The Morgan fingerprint density at radius 2 is 1.86 bits per heavy atom. The van der Waals surface area contributed by atoms with E-state index >= 15 is 0 Å². The first-order valence-electron chi connectivity index (χ1n) is 3.96. The van der Waals surface area contributed by atoms with Crippen molar-refractivity contribution in [3.8, 4) is 0 Å². The predicted molar refractivity (Wildman–Crippen MR) is 42.2 cm³/mol. The van der Waals surface area contributed by atoms with Crippen LogP contribution in [0.5, 0.6) is 0 Å². The summed E-state index contributed by atoms with van der Waals surface area (Å²) in [7, 11) is 0. The van der Waals surface area contributed by atoms with Crippen molar-refractivity contribution in [3.05, 3.63) is 11.4 Å². The zero-order valence-corrected chi connectivity index (χ0v) is 13.7. The fourth-order valence-electron chi connectivity index (χ4n) is 1.06. The predicted octanol–water partition coefficient (Wildman–Crippen LogP) is -0.332. The number of rotatable bonds is 4. The Labute approximate surface area is 111 Å². The van der Waals surface area contributed by atoms with E-state index in [2.05, 4.69) is 10.3 Å². The molecule has 0 unspecified atom stereocenters. The Morgan fingerprint density at radius 1 is 1.21 bits per heavy atom. The molecule has 0 saturated heterocycles. The van der Waals surface area contributed by atoms with Gasteiger partial charge < -0.3 is 10.2 Å². The number of aliphatic hydroxyl groups is 2. The summed E-state index contributed by atoms with van der Waals surface area (Å²) in [5, 5.41) is 25.3. The number of hydrogen-bond donors (Lipinski definition) is 2. The number of aryl methyl sites for hydroxylation is 1. The summed E-state index contributed by atoms with van der Waals surface area (Å²) in [5.74, 6) is 0. The van der Waals surface area contributed by atoms with Crippen LogP contribution in [0.1, 0.15) is 24.7 Å². The average Bonchev–Trinajstić information content (AvgIpc) is 2.47. The zero-order valence-electron chi connectivity index (χ0n) is 7.88. The molecule has 0 bridgehead atoms. The average molecular weight is 539 g/mol. The van der Waals surface area contributed by atoms with Crippen molar-refractivity contribution in [2.45, 2.75) is 33.1 Å². The summed E-state index contributed by atoms with van der Waals surface area (Å²) in [6.45, 7) is 2.45. The van der Waals surface area contributed by atoms with Gasteiger partial charge in [0.05, 0.1) is 18.9 Å². The molecule has 1 aromatic rings. The van der Waals surface area contributed by atoms with Gasteiger partial charge in [0, 0.05) is 48.7 Å². The summed E-state index contributed by atoms with van der Waals surface area (Å²) in [4.78, 5) is 0. The van der Waals surface area contributed by atoms with E-state index in [0.717, 1.165) is 13.0 Å². The minimum Gasteiger partial charge on any atom is -0.390 e. The van der Waals surface area contributed by atoms with Crippen LogP contribution in [0.3, 0.4) is 0 Å². The third-order valence-electron chi connectivity index (χ3n) is 1.65. The molecule has 0 spiro atoms. The second-order valence-corrected chi connectivity index (χ2v) is 2.52. The summed E-state index contributed by atoms with van der Waals surface area (Å²) in [6.07, 6.45) is 0.932. The minimum absolute atomic E-state index is 0. The van der Waals surface area contributed by atoms with Gasteiger partial charge in [0.15, 0.2) is 0 Å². The van der Waals surface area contributed by atoms with E-state index in [0.29, 0.717) is 11.4 Å². The number of aliphatic hydroxyl groups excluding tert-OH is 2. The van der Waals surface area contributed by atoms with E-state index in [9.17, 15) is 0 Å². The molecular formula is C7H13N3O2W2. The molecule has 1 aromatic heterocycles. The Morgan fingerprint density at radius 3 is 2.29 bits per heavy atom. The minimum atomic E-state index is -0.167. The first-order chi connectivity index (χ1) is 5.83. The van der Waals surface area contributed by atoms with Crippen LogP contribution in [0, 0.1) is 0 Å². The molecule has 1 rings (SSSR count). The van der Waals surface area contributed by atoms with Gasteiger partial charge in [-0.2, -0.15) is 0 Å². The first-order valence-corrected chi connectivity index (χ1v) is 3.96. The first kappa shape index (κ1) is 16.9. The molecule has 2 N–H and O–H groups in total. The van der Waals surface area contributed by atoms with E-state index in [1.165, 1.54) is 0 Å². The van der Waals surface area contributed by atoms with Gasteiger partial charge >= 0.3 is 0 Å². The Balaban J connectivity index is 0. The smallest absolute Gasteiger partial charge is 0.114 e. The second kappa shape index (κ2) is 8.72. The van der Waals surface area contributed by atoms with Crippen molar-refractivity contribution in [2.24, 2.45) is 0 Å². The van der Waals surface area contributed by atoms with Gasteiger partial charge in [-0.25, -0.2) is 4.68 Å². The Bertz CT molecular complexity index is 255. The van der Waals surface area contributed by atoms with Crippen LogP contribution in [0.25, 0.3) is 0 Å². The molecule has 0 aliphatic heterocycles. The van der Waals surface area contributed by atoms with E-state index in [1.807, 2.05) is 6.92 Å². The standard InChI is InChI=1S/C7H13N3O2.2W/c1-2-3-10-7(5-12)6(4-11)8-9-10;;/h11-12H,2-5H2,1H3;;. The quantitative estimate of drug-likeness (QED) is 0.551. The maximum absolute atomic E-state index is 8.93. The molecule has 14 heavy (non-hydrogen) atoms. The second-order valence-electron chi connectivity index (χ2n) is 2.52. The maximum Gasteiger partial charge on any atom is 0.114 e. The van der Waals surface area contributed by atoms with Crippen molar-refractivity contribution in [3.63, 3.8) is 0 Å². The maximum atomic E-state index is 8.93. The van der Waals surface area contributed by atoms with Crippen molar-refractivity contribution in [1.29, 1.82) is 0 Å². The molecule has 1 heterocycles. The van der Waals surface area contributed by atoms with Crippen LogP contribution < -0.4 is 0 Å². The molecule has 7 heteroatoms. The Kier molecular flexibility index (Phi) is 10.5. The van der Waals surface area contributed by atoms with Gasteiger partial charge in [-0.1, -0.05) is 12.1 Å². The Hall–Kier alpha value is 0.437. The molecule has 0 aromatic carbocycles. The van der Waals surface area contributed by atoms with Crippen LogP contribution >= 0.6 is 0 Å². The molecule has 0 fully saturated rings. The van der Waals surface area contributed by atoms with Gasteiger partial charge in [-0.05, 0) is 6.42 Å². The van der Waals surface area contributed by atoms with Gasteiger partial charge in [0.1, 0.15) is 5.69 Å². The molecule has 0 atom stereocenters. The largest absolute Gasteiger partial charge is 0.390 e. The fourth-order valence-corrected chi connectivity index (χ4v) is 1.06. The van der Waals surface area contributed by atoms with Gasteiger partial charge in [-0.15, -0.1) is 5.10 Å². The third kappa shape index (κ3) is 3.89. The molecule has 0 saturated carbocycles. The fraction of sp³-hybridized carbons (Fsp3) is 0.714. The van der Waals surface area contributed by atoms with Crippen LogP contribution in [-0.2, 0) is 61.9 Å². The normalized spacial score (nSPS) is 9.07. The summed E-state index contributed by atoms with van der Waals surface area (Å²) >= 11 is 0. The number of hydrogen-bond acceptors (Lipinski definition) is 4. The van der Waals surface area contributed by atoms with Gasteiger partial charge in [0.2, 0.25) is 0 Å². The number of aromatic nitrogens is 3. The molecule has 0 aliphatic rings. The zero-order chi connectivity index (χ0) is 8.97. The van der Waals surface area contributed by atoms with Crippen LogP contribution in [-0.4, -0.2) is 25.2 Å². The van der Waals surface area contributed by atoms with Crippen LogP contribution in [0.2, 0.25) is 0 Å². The molecule has 80 valence electrons. The topological polar surface area (TPSA) is 71.2 Å². The molecule has 0 aliphatic carbocycles. The van der Waals surface area contributed by atoms with E-state index in [1.54, 1.807) is 4.68 Å². The van der Waals surface area contributed by atoms with Gasteiger partial charge in [0.25, 0.3) is 0 Å². The number of nitrogens with zero attached hydrogens (tertiary/aromatic N) is 3. The summed E-state index contributed by atoms with van der Waals surface area (Å²) < 4.78 is 1.62. The van der Waals surface area contributed by atoms with E-state index < -0.39 is 0 Å². The van der Waals surface area contributed by atoms with Crippen LogP contribution in [0.15, 0.2) is 0 Å². The molecule has 0 radical (unpaired) electrons. The molecule has 5 nitrogen and oxygen atoms in total. The SMILES string of the molecule is CCCn1nnc(CO)c1CO.[W].[W]. The monoisotopic (exact) mass is 539 g/mol. The van der Waals surface area contributed by atoms with Gasteiger partial charge in [-0.3, -0.25) is 0 Å². The molecule has 0 amide bonds.